The second-order valence-corrected chi connectivity index (χ2v) is 9.53. The highest BCUT2D eigenvalue weighted by Gasteiger charge is 2.40. The summed E-state index contributed by atoms with van der Waals surface area (Å²) in [5.41, 5.74) is 0.696. The topological polar surface area (TPSA) is 119 Å². The van der Waals surface area contributed by atoms with Crippen molar-refractivity contribution in [2.24, 2.45) is 5.10 Å². The smallest absolute Gasteiger partial charge is 0.337 e. The lowest BCUT2D eigenvalue weighted by atomic mass is 10.0. The number of hydrazone groups is 1. The van der Waals surface area contributed by atoms with E-state index in [2.05, 4.69) is 25.2 Å². The minimum Gasteiger partial charge on any atom is -0.337 e. The van der Waals surface area contributed by atoms with Crippen LogP contribution in [-0.2, 0) is 0 Å². The highest BCUT2D eigenvalue weighted by atomic mass is 19.1. The Balaban J connectivity index is 1.36. The van der Waals surface area contributed by atoms with Crippen molar-refractivity contribution in [3.05, 3.63) is 58.8 Å². The zero-order valence-corrected chi connectivity index (χ0v) is 21.4. The van der Waals surface area contributed by atoms with Crippen LogP contribution in [0.5, 0.6) is 0 Å². The molecule has 2 aliphatic heterocycles. The molecule has 0 N–H and O–H groups in total. The quantitative estimate of drug-likeness (QED) is 0.520. The average molecular weight is 521 g/mol. The Morgan fingerprint density at radius 2 is 1.84 bits per heavy atom. The standard InChI is InChI=1S/C25H26F2N10O/c1-14-12-34(24-29-11-21(27)23(32-24)36-17(4)31-16(3)33-36)13-15(2)35(14)25(38)37-22(5-6-30-37)19-7-18(10-28)8-20(26)9-19/h6-9,11,14-15,22H,5,12-13H2,1-4H3/t14-,15+,22?. The fourth-order valence-corrected chi connectivity index (χ4v) is 5.10. The first kappa shape index (κ1) is 25.2. The number of carbonyl (C=O) groups is 1. The fourth-order valence-electron chi connectivity index (χ4n) is 5.10. The molecule has 1 unspecified atom stereocenters. The Labute approximate surface area is 218 Å². The Hall–Kier alpha value is -4.47. The Morgan fingerprint density at radius 1 is 1.11 bits per heavy atom. The molecule has 0 saturated carbocycles. The predicted molar refractivity (Wildman–Crippen MR) is 134 cm³/mol. The number of carbonyl (C=O) groups excluding carboxylic acids is 1. The zero-order valence-electron chi connectivity index (χ0n) is 21.4. The summed E-state index contributed by atoms with van der Waals surface area (Å²) >= 11 is 0. The summed E-state index contributed by atoms with van der Waals surface area (Å²) in [7, 11) is 0. The number of benzene rings is 1. The molecule has 5 rings (SSSR count). The minimum atomic E-state index is -0.619. The first-order chi connectivity index (χ1) is 18.2. The van der Waals surface area contributed by atoms with Crippen LogP contribution < -0.4 is 4.90 Å². The van der Waals surface area contributed by atoms with E-state index < -0.39 is 17.7 Å². The maximum atomic E-state index is 14.6. The number of amides is 2. The largest absolute Gasteiger partial charge is 0.341 e. The van der Waals surface area contributed by atoms with Crippen molar-refractivity contribution in [2.45, 2.75) is 52.2 Å². The van der Waals surface area contributed by atoms with E-state index in [-0.39, 0.29) is 29.5 Å². The van der Waals surface area contributed by atoms with Gasteiger partial charge in [0.25, 0.3) is 0 Å². The molecule has 2 aliphatic rings. The summed E-state index contributed by atoms with van der Waals surface area (Å²) < 4.78 is 30.1. The highest BCUT2D eigenvalue weighted by molar-refractivity contribution is 5.79. The lowest BCUT2D eigenvalue weighted by molar-refractivity contribution is 0.0985. The third kappa shape index (κ3) is 4.53. The van der Waals surface area contributed by atoms with Crippen LogP contribution in [0.3, 0.4) is 0 Å². The van der Waals surface area contributed by atoms with Gasteiger partial charge in [-0.1, -0.05) is 0 Å². The molecule has 38 heavy (non-hydrogen) atoms. The van der Waals surface area contributed by atoms with Crippen molar-refractivity contribution in [2.75, 3.05) is 18.0 Å². The number of rotatable bonds is 3. The van der Waals surface area contributed by atoms with Crippen LogP contribution in [0.15, 0.2) is 29.5 Å². The molecule has 1 saturated heterocycles. The SMILES string of the molecule is Cc1nc(C)n(-c2nc(N3C[C@@H](C)N(C(=O)N4N=CCC4c4cc(F)cc(C#N)c4)[C@@H](C)C3)ncc2F)n1. The molecule has 0 bridgehead atoms. The lowest BCUT2D eigenvalue weighted by Crippen LogP contribution is -2.61. The van der Waals surface area contributed by atoms with Gasteiger partial charge >= 0.3 is 6.03 Å². The Bertz CT molecular complexity index is 1450. The van der Waals surface area contributed by atoms with E-state index in [1.165, 1.54) is 15.8 Å². The molecule has 1 fully saturated rings. The zero-order chi connectivity index (χ0) is 27.1. The van der Waals surface area contributed by atoms with Gasteiger partial charge in [-0.05, 0) is 51.5 Å². The molecule has 1 aromatic carbocycles. The van der Waals surface area contributed by atoms with Crippen molar-refractivity contribution >= 4 is 18.2 Å². The number of hydrogen-bond acceptors (Lipinski definition) is 8. The van der Waals surface area contributed by atoms with Gasteiger partial charge in [0.15, 0.2) is 11.6 Å². The number of halogens is 2. The van der Waals surface area contributed by atoms with E-state index in [0.717, 1.165) is 12.3 Å². The molecule has 3 atom stereocenters. The summed E-state index contributed by atoms with van der Waals surface area (Å²) in [5.74, 6) is 0.175. The normalized spacial score (nSPS) is 21.2. The van der Waals surface area contributed by atoms with Gasteiger partial charge in [0.1, 0.15) is 17.5 Å². The number of anilines is 1. The summed E-state index contributed by atoms with van der Waals surface area (Å²) in [6, 6.07) is 4.65. The number of piperazine rings is 1. The van der Waals surface area contributed by atoms with E-state index in [0.29, 0.717) is 42.7 Å². The molecule has 0 aliphatic carbocycles. The second-order valence-electron chi connectivity index (χ2n) is 9.53. The number of hydrogen-bond donors (Lipinski definition) is 0. The van der Waals surface area contributed by atoms with Crippen molar-refractivity contribution in [3.63, 3.8) is 0 Å². The molecular formula is C25H26F2N10O. The highest BCUT2D eigenvalue weighted by Crippen LogP contribution is 2.32. The Kier molecular flexibility index (Phi) is 6.48. The number of nitrogens with zero attached hydrogens (tertiary/aromatic N) is 10. The molecule has 3 aromatic rings. The van der Waals surface area contributed by atoms with Crippen LogP contribution in [0.2, 0.25) is 0 Å². The van der Waals surface area contributed by atoms with Gasteiger partial charge in [0.2, 0.25) is 5.95 Å². The number of nitriles is 1. The monoisotopic (exact) mass is 520 g/mol. The van der Waals surface area contributed by atoms with Crippen LogP contribution in [0, 0.1) is 36.8 Å². The van der Waals surface area contributed by atoms with Gasteiger partial charge in [0, 0.05) is 37.8 Å². The number of urea groups is 1. The van der Waals surface area contributed by atoms with Crippen LogP contribution in [0.25, 0.3) is 5.82 Å². The van der Waals surface area contributed by atoms with E-state index in [1.54, 1.807) is 31.0 Å². The van der Waals surface area contributed by atoms with E-state index in [4.69, 9.17) is 0 Å². The van der Waals surface area contributed by atoms with Crippen LogP contribution >= 0.6 is 0 Å². The predicted octanol–water partition coefficient (Wildman–Crippen LogP) is 3.28. The summed E-state index contributed by atoms with van der Waals surface area (Å²) in [4.78, 5) is 30.1. The first-order valence-electron chi connectivity index (χ1n) is 12.2. The lowest BCUT2D eigenvalue weighted by Gasteiger charge is -2.45. The average Bonchev–Trinajstić information content (AvgIpc) is 3.49. The van der Waals surface area contributed by atoms with Crippen molar-refractivity contribution in [3.8, 4) is 11.9 Å². The molecule has 11 nitrogen and oxygen atoms in total. The van der Waals surface area contributed by atoms with Gasteiger partial charge < -0.3 is 9.80 Å². The molecule has 2 aromatic heterocycles. The molecular weight excluding hydrogens is 494 g/mol. The number of aryl methyl sites for hydroxylation is 2. The molecule has 4 heterocycles. The minimum absolute atomic E-state index is 0.00740. The molecule has 2 amide bonds. The van der Waals surface area contributed by atoms with Gasteiger partial charge in [0.05, 0.1) is 23.9 Å². The molecule has 196 valence electrons. The summed E-state index contributed by atoms with van der Waals surface area (Å²) in [6.07, 6.45) is 3.14. The third-order valence-electron chi connectivity index (χ3n) is 6.67. The van der Waals surface area contributed by atoms with Crippen molar-refractivity contribution in [1.29, 1.82) is 5.26 Å². The van der Waals surface area contributed by atoms with E-state index >= 15 is 0 Å². The fraction of sp³-hybridized carbons (Fsp3) is 0.400. The second kappa shape index (κ2) is 9.77. The van der Waals surface area contributed by atoms with Gasteiger partial charge in [-0.25, -0.2) is 28.6 Å². The number of aromatic nitrogens is 5. The van der Waals surface area contributed by atoms with E-state index in [1.807, 2.05) is 24.8 Å². The van der Waals surface area contributed by atoms with Gasteiger partial charge in [-0.3, -0.25) is 0 Å². The Morgan fingerprint density at radius 3 is 2.50 bits per heavy atom. The maximum absolute atomic E-state index is 14.6. The van der Waals surface area contributed by atoms with Crippen LogP contribution in [-0.4, -0.2) is 72.1 Å². The van der Waals surface area contributed by atoms with Crippen molar-refractivity contribution < 1.29 is 13.6 Å². The molecule has 13 heteroatoms. The third-order valence-corrected chi connectivity index (χ3v) is 6.67. The maximum Gasteiger partial charge on any atom is 0.341 e. The summed E-state index contributed by atoms with van der Waals surface area (Å²) in [5, 5.41) is 19.1. The van der Waals surface area contributed by atoms with Gasteiger partial charge in [-0.15, -0.1) is 5.10 Å². The summed E-state index contributed by atoms with van der Waals surface area (Å²) in [6.45, 7) is 8.04. The van der Waals surface area contributed by atoms with Crippen LogP contribution in [0.4, 0.5) is 19.5 Å². The first-order valence-corrected chi connectivity index (χ1v) is 12.2. The molecule has 0 spiro atoms. The van der Waals surface area contributed by atoms with Crippen LogP contribution in [0.1, 0.15) is 49.1 Å². The molecule has 0 radical (unpaired) electrons. The van der Waals surface area contributed by atoms with Gasteiger partial charge in [-0.2, -0.15) is 20.0 Å². The van der Waals surface area contributed by atoms with E-state index in [9.17, 15) is 18.8 Å². The van der Waals surface area contributed by atoms with Crippen molar-refractivity contribution in [1.82, 2.24) is 34.6 Å².